The maximum absolute atomic E-state index is 11.8. The van der Waals surface area contributed by atoms with Crippen molar-refractivity contribution >= 4 is 15.6 Å². The summed E-state index contributed by atoms with van der Waals surface area (Å²) in [5.41, 5.74) is 4.95. The van der Waals surface area contributed by atoms with Crippen LogP contribution in [-0.2, 0) is 18.0 Å². The Hall–Kier alpha value is -0.860. The Labute approximate surface area is 203 Å². The van der Waals surface area contributed by atoms with E-state index in [1.165, 1.54) is 16.7 Å². The number of aliphatic hydroxyl groups excluding tert-OH is 2. The van der Waals surface area contributed by atoms with Gasteiger partial charge in [0.25, 0.3) is 0 Å². The van der Waals surface area contributed by atoms with Gasteiger partial charge in [-0.15, -0.1) is 0 Å². The molecule has 3 atom stereocenters. The van der Waals surface area contributed by atoms with Crippen LogP contribution in [0.3, 0.4) is 0 Å². The van der Waals surface area contributed by atoms with Crippen LogP contribution >= 0.6 is 15.6 Å². The van der Waals surface area contributed by atoms with Gasteiger partial charge in [0.05, 0.1) is 6.61 Å². The molecule has 0 spiro atoms. The molecule has 9 nitrogen and oxygen atoms in total. The molecular formula is C23H42O9P2. The van der Waals surface area contributed by atoms with Crippen molar-refractivity contribution < 1.29 is 42.9 Å². The van der Waals surface area contributed by atoms with Gasteiger partial charge in [0.1, 0.15) is 12.2 Å². The van der Waals surface area contributed by atoms with Crippen molar-refractivity contribution in [3.63, 3.8) is 0 Å². The summed E-state index contributed by atoms with van der Waals surface area (Å²) in [5, 5.41) is 19.0. The first-order valence-corrected chi connectivity index (χ1v) is 14.3. The summed E-state index contributed by atoms with van der Waals surface area (Å²) in [6.45, 7) is 9.55. The van der Waals surface area contributed by atoms with Gasteiger partial charge in [0, 0.05) is 0 Å². The van der Waals surface area contributed by atoms with E-state index in [0.29, 0.717) is 6.42 Å². The third-order valence-electron chi connectivity index (χ3n) is 4.95. The summed E-state index contributed by atoms with van der Waals surface area (Å²) >= 11 is 0. The predicted octanol–water partition coefficient (Wildman–Crippen LogP) is 5.47. The molecular weight excluding hydrogens is 482 g/mol. The van der Waals surface area contributed by atoms with Gasteiger partial charge in [-0.25, -0.2) is 9.13 Å². The number of rotatable bonds is 17. The Kier molecular flexibility index (Phi) is 16.3. The molecule has 0 rings (SSSR count). The highest BCUT2D eigenvalue weighted by atomic mass is 31.3. The van der Waals surface area contributed by atoms with E-state index in [4.69, 9.17) is 14.9 Å². The van der Waals surface area contributed by atoms with Crippen LogP contribution in [0.25, 0.3) is 0 Å². The van der Waals surface area contributed by atoms with Gasteiger partial charge in [-0.2, -0.15) is 4.31 Å². The Morgan fingerprint density at radius 3 is 1.65 bits per heavy atom. The molecule has 0 aliphatic carbocycles. The standard InChI is InChI=1S/C23H42O9P2/c1-18(2)9-6-10-19(3)11-7-12-20(4)13-8-14-21(5)15-16-23(22(25)17-24)31-34(29,30)32-33(26,27)28/h9,11,13,15,22-25H,6-8,10,12,14,16-17H2,1-5H3,(H,29,30)(H2,26,27,28). The van der Waals surface area contributed by atoms with E-state index in [9.17, 15) is 19.1 Å². The molecule has 198 valence electrons. The van der Waals surface area contributed by atoms with E-state index >= 15 is 0 Å². The molecule has 0 bridgehead atoms. The highest BCUT2D eigenvalue weighted by Gasteiger charge is 2.36. The highest BCUT2D eigenvalue weighted by Crippen LogP contribution is 2.58. The SMILES string of the molecule is CC(C)=CCCC(C)=CCCC(C)=CCCC(C)=CCC(OP(=O)(O)OP(=O)(O)O)C(O)CO. The lowest BCUT2D eigenvalue weighted by Crippen LogP contribution is -2.31. The van der Waals surface area contributed by atoms with Crippen molar-refractivity contribution in [1.29, 1.82) is 0 Å². The van der Waals surface area contributed by atoms with Crippen LogP contribution in [0.15, 0.2) is 46.6 Å². The average molecular weight is 525 g/mol. The Bertz CT molecular complexity index is 820. The van der Waals surface area contributed by atoms with Crippen molar-refractivity contribution in [3.8, 4) is 0 Å². The molecule has 34 heavy (non-hydrogen) atoms. The maximum Gasteiger partial charge on any atom is 0.481 e. The van der Waals surface area contributed by atoms with Crippen LogP contribution in [0.5, 0.6) is 0 Å². The number of phosphoric ester groups is 1. The predicted molar refractivity (Wildman–Crippen MR) is 134 cm³/mol. The number of phosphoric acid groups is 2. The minimum Gasteiger partial charge on any atom is -0.394 e. The molecule has 0 radical (unpaired) electrons. The summed E-state index contributed by atoms with van der Waals surface area (Å²) in [7, 11) is -10.4. The fourth-order valence-corrected chi connectivity index (χ4v) is 4.82. The van der Waals surface area contributed by atoms with Crippen LogP contribution in [-0.4, -0.2) is 43.7 Å². The molecule has 5 N–H and O–H groups in total. The molecule has 0 saturated heterocycles. The monoisotopic (exact) mass is 524 g/mol. The number of hydrogen-bond donors (Lipinski definition) is 5. The van der Waals surface area contributed by atoms with Gasteiger partial charge in [-0.1, -0.05) is 46.6 Å². The van der Waals surface area contributed by atoms with Gasteiger partial charge in [-0.05, 0) is 79.6 Å². The van der Waals surface area contributed by atoms with Crippen molar-refractivity contribution in [2.75, 3.05) is 6.61 Å². The fourth-order valence-electron chi connectivity index (χ4n) is 3.02. The van der Waals surface area contributed by atoms with Crippen LogP contribution in [0.4, 0.5) is 0 Å². The molecule has 11 heteroatoms. The summed E-state index contributed by atoms with van der Waals surface area (Å²) < 4.78 is 31.0. The second-order valence-corrected chi connectivity index (χ2v) is 11.5. The summed E-state index contributed by atoms with van der Waals surface area (Å²) in [5.74, 6) is 0. The topological polar surface area (TPSA) is 154 Å². The molecule has 0 aliphatic heterocycles. The number of hydrogen-bond acceptors (Lipinski definition) is 6. The lowest BCUT2D eigenvalue weighted by Gasteiger charge is -2.23. The van der Waals surface area contributed by atoms with Crippen LogP contribution in [0, 0.1) is 0 Å². The Balaban J connectivity index is 4.67. The van der Waals surface area contributed by atoms with Crippen molar-refractivity contribution in [3.05, 3.63) is 46.6 Å². The number of aliphatic hydroxyl groups is 2. The van der Waals surface area contributed by atoms with E-state index in [-0.39, 0.29) is 6.42 Å². The highest BCUT2D eigenvalue weighted by molar-refractivity contribution is 7.60. The second-order valence-electron chi connectivity index (χ2n) is 8.72. The smallest absolute Gasteiger partial charge is 0.394 e. The molecule has 3 unspecified atom stereocenters. The number of allylic oxidation sites excluding steroid dienone is 7. The van der Waals surface area contributed by atoms with E-state index in [2.05, 4.69) is 54.8 Å². The summed E-state index contributed by atoms with van der Waals surface area (Å²) in [6.07, 6.45) is 11.0. The Morgan fingerprint density at radius 2 is 1.24 bits per heavy atom. The summed E-state index contributed by atoms with van der Waals surface area (Å²) in [6, 6.07) is 0. The molecule has 0 aliphatic rings. The van der Waals surface area contributed by atoms with E-state index in [1.54, 1.807) is 6.08 Å². The second kappa shape index (κ2) is 16.7. The molecule has 0 fully saturated rings. The van der Waals surface area contributed by atoms with Crippen molar-refractivity contribution in [1.82, 2.24) is 0 Å². The van der Waals surface area contributed by atoms with E-state index in [0.717, 1.165) is 37.7 Å². The van der Waals surface area contributed by atoms with Crippen LogP contribution in [0.2, 0.25) is 0 Å². The molecule has 0 aromatic rings. The first kappa shape index (κ1) is 33.1. The molecule has 0 heterocycles. The zero-order chi connectivity index (χ0) is 26.4. The van der Waals surface area contributed by atoms with E-state index < -0.39 is 34.5 Å². The van der Waals surface area contributed by atoms with E-state index in [1.807, 2.05) is 6.92 Å². The molecule has 0 aromatic heterocycles. The van der Waals surface area contributed by atoms with Crippen LogP contribution < -0.4 is 0 Å². The zero-order valence-corrected chi connectivity index (χ0v) is 22.7. The van der Waals surface area contributed by atoms with Gasteiger partial charge >= 0.3 is 15.6 Å². The van der Waals surface area contributed by atoms with Gasteiger partial charge in [-0.3, -0.25) is 4.52 Å². The molecule has 0 amide bonds. The third kappa shape index (κ3) is 18.5. The van der Waals surface area contributed by atoms with Gasteiger partial charge in [0.2, 0.25) is 0 Å². The minimum absolute atomic E-state index is 0.0534. The van der Waals surface area contributed by atoms with Crippen molar-refractivity contribution in [2.45, 2.75) is 91.8 Å². The molecule has 0 saturated carbocycles. The largest absolute Gasteiger partial charge is 0.481 e. The van der Waals surface area contributed by atoms with Gasteiger partial charge < -0.3 is 24.9 Å². The average Bonchev–Trinajstić information content (AvgIpc) is 2.68. The maximum atomic E-state index is 11.8. The zero-order valence-electron chi connectivity index (χ0n) is 20.9. The third-order valence-corrected chi connectivity index (χ3v) is 7.16. The summed E-state index contributed by atoms with van der Waals surface area (Å²) in [4.78, 5) is 26.9. The van der Waals surface area contributed by atoms with Crippen molar-refractivity contribution in [2.24, 2.45) is 0 Å². The lowest BCUT2D eigenvalue weighted by molar-refractivity contribution is -0.0117. The quantitative estimate of drug-likeness (QED) is 0.123. The van der Waals surface area contributed by atoms with Gasteiger partial charge in [0.15, 0.2) is 0 Å². The van der Waals surface area contributed by atoms with Crippen LogP contribution in [0.1, 0.15) is 79.6 Å². The lowest BCUT2D eigenvalue weighted by atomic mass is 10.0. The molecule has 0 aromatic carbocycles. The fraction of sp³-hybridized carbons (Fsp3) is 0.652. The minimum atomic E-state index is -5.28. The first-order valence-electron chi connectivity index (χ1n) is 11.3. The normalized spacial score (nSPS) is 17.3. The Morgan fingerprint density at radius 1 is 0.794 bits per heavy atom. The first-order chi connectivity index (χ1) is 15.6.